The summed E-state index contributed by atoms with van der Waals surface area (Å²) in [6, 6.07) is 2.93. The fraction of sp³-hybridized carbons (Fsp3) is 0.667. The van der Waals surface area contributed by atoms with Crippen LogP contribution in [0.25, 0.3) is 0 Å². The van der Waals surface area contributed by atoms with E-state index in [2.05, 4.69) is 20.2 Å². The molecule has 0 aromatic carbocycles. The second-order valence-electron chi connectivity index (χ2n) is 4.71. The Morgan fingerprint density at radius 2 is 2.35 bits per heavy atom. The van der Waals surface area contributed by atoms with Crippen LogP contribution in [0.3, 0.4) is 0 Å². The molecule has 2 aliphatic heterocycles. The molecule has 3 rings (SSSR count). The van der Waals surface area contributed by atoms with Crippen LogP contribution >= 0.6 is 0 Å². The Balaban J connectivity index is 1.70. The van der Waals surface area contributed by atoms with Gasteiger partial charge in [-0.15, -0.1) is 0 Å². The fourth-order valence-corrected chi connectivity index (χ4v) is 2.94. The first-order chi connectivity index (χ1) is 8.36. The van der Waals surface area contributed by atoms with Gasteiger partial charge in [0.2, 0.25) is 11.8 Å². The summed E-state index contributed by atoms with van der Waals surface area (Å²) < 4.78 is 5.10. The van der Waals surface area contributed by atoms with E-state index in [4.69, 9.17) is 4.74 Å². The van der Waals surface area contributed by atoms with Gasteiger partial charge in [0.15, 0.2) is 0 Å². The zero-order chi connectivity index (χ0) is 11.7. The van der Waals surface area contributed by atoms with Crippen molar-refractivity contribution in [3.05, 3.63) is 12.3 Å². The molecule has 5 heteroatoms. The van der Waals surface area contributed by atoms with Crippen LogP contribution in [-0.4, -0.2) is 47.2 Å². The van der Waals surface area contributed by atoms with Gasteiger partial charge in [0.25, 0.3) is 0 Å². The number of rotatable bonds is 3. The van der Waals surface area contributed by atoms with Crippen molar-refractivity contribution >= 4 is 5.95 Å². The number of anilines is 1. The first kappa shape index (κ1) is 10.8. The Morgan fingerprint density at radius 3 is 3.24 bits per heavy atom. The number of nitrogens with zero attached hydrogens (tertiary/aromatic N) is 3. The van der Waals surface area contributed by atoms with E-state index < -0.39 is 0 Å². The monoisotopic (exact) mass is 234 g/mol. The highest BCUT2D eigenvalue weighted by atomic mass is 16.5. The van der Waals surface area contributed by atoms with E-state index in [0.717, 1.165) is 0 Å². The van der Waals surface area contributed by atoms with Crippen molar-refractivity contribution < 1.29 is 4.74 Å². The predicted molar refractivity (Wildman–Crippen MR) is 65.2 cm³/mol. The SMILES string of the molecule is COc1ccnc(NC2CCN3CCCC23)n1. The number of methoxy groups -OCH3 is 1. The molecule has 17 heavy (non-hydrogen) atoms. The van der Waals surface area contributed by atoms with Crippen LogP contribution in [0.5, 0.6) is 5.88 Å². The van der Waals surface area contributed by atoms with Crippen LogP contribution in [-0.2, 0) is 0 Å². The molecule has 1 N–H and O–H groups in total. The standard InChI is InChI=1S/C12H18N4O/c1-17-11-4-6-13-12(15-11)14-9-5-8-16-7-2-3-10(9)16/h4,6,9-10H,2-3,5,7-8H2,1H3,(H,13,14,15). The second-order valence-corrected chi connectivity index (χ2v) is 4.71. The van der Waals surface area contributed by atoms with E-state index in [0.29, 0.717) is 23.9 Å². The van der Waals surface area contributed by atoms with Gasteiger partial charge < -0.3 is 10.1 Å². The molecule has 2 fully saturated rings. The van der Waals surface area contributed by atoms with Gasteiger partial charge in [-0.25, -0.2) is 4.98 Å². The van der Waals surface area contributed by atoms with E-state index >= 15 is 0 Å². The molecule has 1 aromatic heterocycles. The largest absolute Gasteiger partial charge is 0.481 e. The van der Waals surface area contributed by atoms with E-state index in [-0.39, 0.29) is 0 Å². The van der Waals surface area contributed by atoms with Gasteiger partial charge in [-0.2, -0.15) is 4.98 Å². The molecule has 5 nitrogen and oxygen atoms in total. The maximum atomic E-state index is 5.10. The minimum absolute atomic E-state index is 0.490. The fourth-order valence-electron chi connectivity index (χ4n) is 2.94. The van der Waals surface area contributed by atoms with Crippen LogP contribution in [0.4, 0.5) is 5.95 Å². The summed E-state index contributed by atoms with van der Waals surface area (Å²) in [6.07, 6.45) is 5.53. The van der Waals surface area contributed by atoms with Crippen molar-refractivity contribution in [1.29, 1.82) is 0 Å². The van der Waals surface area contributed by atoms with Crippen LogP contribution in [0.15, 0.2) is 12.3 Å². The number of ether oxygens (including phenoxy) is 1. The molecule has 3 heterocycles. The molecule has 1 aromatic rings. The first-order valence-electron chi connectivity index (χ1n) is 6.24. The highest BCUT2D eigenvalue weighted by Crippen LogP contribution is 2.29. The molecule has 0 spiro atoms. The lowest BCUT2D eigenvalue weighted by Crippen LogP contribution is -2.34. The van der Waals surface area contributed by atoms with Gasteiger partial charge in [0.1, 0.15) is 0 Å². The Labute approximate surface area is 101 Å². The molecular formula is C12H18N4O. The number of nitrogens with one attached hydrogen (secondary N) is 1. The minimum atomic E-state index is 0.490. The maximum absolute atomic E-state index is 5.10. The number of aromatic nitrogens is 2. The van der Waals surface area contributed by atoms with E-state index in [1.165, 1.54) is 32.4 Å². The first-order valence-corrected chi connectivity index (χ1v) is 6.24. The Morgan fingerprint density at radius 1 is 1.41 bits per heavy atom. The topological polar surface area (TPSA) is 50.3 Å². The highest BCUT2D eigenvalue weighted by molar-refractivity contribution is 5.30. The quantitative estimate of drug-likeness (QED) is 0.849. The smallest absolute Gasteiger partial charge is 0.226 e. The molecule has 0 radical (unpaired) electrons. The molecule has 0 amide bonds. The van der Waals surface area contributed by atoms with Crippen molar-refractivity contribution in [3.8, 4) is 5.88 Å². The number of fused-ring (bicyclic) bond motifs is 1. The average molecular weight is 234 g/mol. The van der Waals surface area contributed by atoms with Crippen molar-refractivity contribution in [3.63, 3.8) is 0 Å². The van der Waals surface area contributed by atoms with Gasteiger partial charge in [-0.05, 0) is 25.8 Å². The van der Waals surface area contributed by atoms with Crippen LogP contribution < -0.4 is 10.1 Å². The van der Waals surface area contributed by atoms with Gasteiger partial charge in [0, 0.05) is 30.9 Å². The summed E-state index contributed by atoms with van der Waals surface area (Å²) in [4.78, 5) is 11.1. The summed E-state index contributed by atoms with van der Waals surface area (Å²) in [5, 5.41) is 3.44. The summed E-state index contributed by atoms with van der Waals surface area (Å²) in [7, 11) is 1.63. The third kappa shape index (κ3) is 2.07. The van der Waals surface area contributed by atoms with Crippen LogP contribution in [0.1, 0.15) is 19.3 Å². The van der Waals surface area contributed by atoms with Gasteiger partial charge in [-0.1, -0.05) is 0 Å². The molecule has 0 bridgehead atoms. The predicted octanol–water partition coefficient (Wildman–Crippen LogP) is 1.13. The summed E-state index contributed by atoms with van der Waals surface area (Å²) >= 11 is 0. The average Bonchev–Trinajstić information content (AvgIpc) is 2.94. The lowest BCUT2D eigenvalue weighted by molar-refractivity contribution is 0.318. The van der Waals surface area contributed by atoms with Crippen molar-refractivity contribution in [2.75, 3.05) is 25.5 Å². The summed E-state index contributed by atoms with van der Waals surface area (Å²) in [5.41, 5.74) is 0. The van der Waals surface area contributed by atoms with Gasteiger partial charge in [0.05, 0.1) is 7.11 Å². The zero-order valence-electron chi connectivity index (χ0n) is 10.1. The Kier molecular flexibility index (Phi) is 2.84. The van der Waals surface area contributed by atoms with Crippen molar-refractivity contribution in [2.24, 2.45) is 0 Å². The van der Waals surface area contributed by atoms with Crippen molar-refractivity contribution in [2.45, 2.75) is 31.3 Å². The Hall–Kier alpha value is -1.36. The third-order valence-electron chi connectivity index (χ3n) is 3.76. The molecule has 2 saturated heterocycles. The number of hydrogen-bond donors (Lipinski definition) is 1. The summed E-state index contributed by atoms with van der Waals surface area (Å²) in [6.45, 7) is 2.45. The minimum Gasteiger partial charge on any atom is -0.481 e. The maximum Gasteiger partial charge on any atom is 0.226 e. The molecule has 2 aliphatic rings. The van der Waals surface area contributed by atoms with E-state index in [1.807, 2.05) is 0 Å². The van der Waals surface area contributed by atoms with Crippen LogP contribution in [0.2, 0.25) is 0 Å². The Bertz CT molecular complexity index is 398. The van der Waals surface area contributed by atoms with Crippen molar-refractivity contribution in [1.82, 2.24) is 14.9 Å². The molecular weight excluding hydrogens is 216 g/mol. The molecule has 2 unspecified atom stereocenters. The normalized spacial score (nSPS) is 28.1. The van der Waals surface area contributed by atoms with E-state index in [9.17, 15) is 0 Å². The molecule has 92 valence electrons. The third-order valence-corrected chi connectivity index (χ3v) is 3.76. The van der Waals surface area contributed by atoms with E-state index in [1.54, 1.807) is 19.4 Å². The number of hydrogen-bond acceptors (Lipinski definition) is 5. The lowest BCUT2D eigenvalue weighted by Gasteiger charge is -2.21. The highest BCUT2D eigenvalue weighted by Gasteiger charge is 2.37. The van der Waals surface area contributed by atoms with Crippen LogP contribution in [0, 0.1) is 0 Å². The lowest BCUT2D eigenvalue weighted by atomic mass is 10.1. The molecule has 0 saturated carbocycles. The molecule has 0 aliphatic carbocycles. The van der Waals surface area contributed by atoms with Gasteiger partial charge >= 0.3 is 0 Å². The summed E-state index contributed by atoms with van der Waals surface area (Å²) in [5.74, 6) is 1.30. The molecule has 2 atom stereocenters. The zero-order valence-corrected chi connectivity index (χ0v) is 10.1. The van der Waals surface area contributed by atoms with Gasteiger partial charge in [-0.3, -0.25) is 4.90 Å². The second kappa shape index (κ2) is 4.49.